The number of fused-ring (bicyclic) bond motifs is 2. The van der Waals surface area contributed by atoms with Crippen molar-refractivity contribution >= 4 is 41.4 Å². The highest BCUT2D eigenvalue weighted by Gasteiger charge is 2.24. The third-order valence-corrected chi connectivity index (χ3v) is 6.50. The Hall–Kier alpha value is -1.88. The van der Waals surface area contributed by atoms with E-state index in [0.29, 0.717) is 0 Å². The van der Waals surface area contributed by atoms with Gasteiger partial charge in [-0.1, -0.05) is 29.8 Å². The number of rotatable bonds is 2. The summed E-state index contributed by atoms with van der Waals surface area (Å²) >= 11 is 1.73. The molecule has 1 aromatic heterocycles. The van der Waals surface area contributed by atoms with Crippen LogP contribution in [0.15, 0.2) is 42.0 Å². The number of carboxylic acid groups (broad SMARTS) is 1. The first-order valence-electron chi connectivity index (χ1n) is 9.15. The van der Waals surface area contributed by atoms with Crippen LogP contribution in [-0.2, 0) is 17.6 Å². The van der Waals surface area contributed by atoms with E-state index < -0.39 is 5.97 Å². The second kappa shape index (κ2) is 8.42. The Morgan fingerprint density at radius 2 is 1.85 bits per heavy atom. The van der Waals surface area contributed by atoms with Gasteiger partial charge in [0.2, 0.25) is 0 Å². The number of carbonyl (C=O) groups is 1. The van der Waals surface area contributed by atoms with Crippen molar-refractivity contribution in [1.82, 2.24) is 4.90 Å². The first-order valence-corrected chi connectivity index (χ1v) is 9.96. The molecule has 0 atom stereocenters. The molecule has 0 amide bonds. The van der Waals surface area contributed by atoms with Crippen LogP contribution in [0, 0.1) is 0 Å². The molecule has 1 aliphatic heterocycles. The summed E-state index contributed by atoms with van der Waals surface area (Å²) in [7, 11) is 2.19. The maximum Gasteiger partial charge on any atom is 0.328 e. The minimum atomic E-state index is -0.896. The van der Waals surface area contributed by atoms with Crippen LogP contribution >= 0.6 is 23.7 Å². The highest BCUT2D eigenvalue weighted by Crippen LogP contribution is 2.41. The third kappa shape index (κ3) is 4.18. The highest BCUT2D eigenvalue weighted by atomic mass is 35.5. The molecule has 0 spiro atoms. The first-order chi connectivity index (χ1) is 12.6. The summed E-state index contributed by atoms with van der Waals surface area (Å²) in [4.78, 5) is 15.7. The number of thiophene rings is 1. The molecule has 4 rings (SSSR count). The van der Waals surface area contributed by atoms with Gasteiger partial charge in [0.15, 0.2) is 0 Å². The average Bonchev–Trinajstić information content (AvgIpc) is 2.97. The molecular weight excluding hydrogens is 378 g/mol. The number of benzene rings is 1. The molecule has 0 radical (unpaired) electrons. The second-order valence-corrected chi connectivity index (χ2v) is 8.26. The van der Waals surface area contributed by atoms with Crippen LogP contribution in [0.4, 0.5) is 0 Å². The molecule has 1 aromatic carbocycles. The summed E-state index contributed by atoms with van der Waals surface area (Å²) in [5.41, 5.74) is 7.08. The van der Waals surface area contributed by atoms with Crippen molar-refractivity contribution in [2.45, 2.75) is 25.7 Å². The van der Waals surface area contributed by atoms with Gasteiger partial charge in [-0.15, -0.1) is 23.7 Å². The summed E-state index contributed by atoms with van der Waals surface area (Å²) in [6, 6.07) is 11.0. The van der Waals surface area contributed by atoms with Gasteiger partial charge < -0.3 is 10.0 Å². The Balaban J connectivity index is 0.00000210. The van der Waals surface area contributed by atoms with E-state index in [1.54, 1.807) is 23.0 Å². The van der Waals surface area contributed by atoms with Gasteiger partial charge in [-0.25, -0.2) is 4.79 Å². The Labute approximate surface area is 170 Å². The van der Waals surface area contributed by atoms with Gasteiger partial charge in [-0.05, 0) is 67.1 Å². The molecule has 1 N–H and O–H groups in total. The highest BCUT2D eigenvalue weighted by molar-refractivity contribution is 7.13. The average molecular weight is 402 g/mol. The Bertz CT molecular complexity index is 903. The number of aliphatic carboxylic acids is 1. The Morgan fingerprint density at radius 3 is 2.59 bits per heavy atom. The molecule has 1 fully saturated rings. The van der Waals surface area contributed by atoms with Gasteiger partial charge in [0.05, 0.1) is 0 Å². The van der Waals surface area contributed by atoms with Crippen molar-refractivity contribution < 1.29 is 9.90 Å². The van der Waals surface area contributed by atoms with E-state index in [-0.39, 0.29) is 12.4 Å². The molecule has 27 heavy (non-hydrogen) atoms. The van der Waals surface area contributed by atoms with Crippen molar-refractivity contribution in [3.8, 4) is 0 Å². The van der Waals surface area contributed by atoms with Crippen LogP contribution in [0.2, 0.25) is 0 Å². The predicted octanol–water partition coefficient (Wildman–Crippen LogP) is 4.89. The summed E-state index contributed by atoms with van der Waals surface area (Å²) in [6.45, 7) is 2.21. The lowest BCUT2D eigenvalue weighted by Gasteiger charge is -2.27. The SMILES string of the molecule is CN1CCC(=C2c3ccccc3CCc3sc(C=CC(=O)O)cc32)CC1.Cl. The molecule has 1 aliphatic carbocycles. The predicted molar refractivity (Wildman–Crippen MR) is 115 cm³/mol. The van der Waals surface area contributed by atoms with Crippen LogP contribution in [0.3, 0.4) is 0 Å². The van der Waals surface area contributed by atoms with Gasteiger partial charge in [0, 0.05) is 28.9 Å². The standard InChI is InChI=1S/C22H23NO2S.ClH/c1-23-12-10-16(11-13-23)22-18-5-3-2-4-15(18)6-8-20-19(22)14-17(26-20)7-9-21(24)25;/h2-5,7,9,14H,6,8,10-13H2,1H3,(H,24,25);1H. The normalized spacial score (nSPS) is 17.2. The van der Waals surface area contributed by atoms with Crippen molar-refractivity contribution in [2.75, 3.05) is 20.1 Å². The smallest absolute Gasteiger partial charge is 0.328 e. The van der Waals surface area contributed by atoms with Gasteiger partial charge in [-0.2, -0.15) is 0 Å². The molecule has 142 valence electrons. The van der Waals surface area contributed by atoms with Crippen molar-refractivity contribution in [2.24, 2.45) is 0 Å². The Morgan fingerprint density at radius 1 is 1.11 bits per heavy atom. The zero-order valence-corrected chi connectivity index (χ0v) is 17.0. The zero-order chi connectivity index (χ0) is 18.1. The molecular formula is C22H24ClNO2S. The maximum atomic E-state index is 10.9. The topological polar surface area (TPSA) is 40.5 Å². The largest absolute Gasteiger partial charge is 0.478 e. The third-order valence-electron chi connectivity index (χ3n) is 5.34. The summed E-state index contributed by atoms with van der Waals surface area (Å²) < 4.78 is 0. The number of likely N-dealkylation sites (tertiary alicyclic amines) is 1. The quantitative estimate of drug-likeness (QED) is 0.728. The zero-order valence-electron chi connectivity index (χ0n) is 15.4. The van der Waals surface area contributed by atoms with Gasteiger partial charge in [0.25, 0.3) is 0 Å². The lowest BCUT2D eigenvalue weighted by Crippen LogP contribution is -2.27. The van der Waals surface area contributed by atoms with Crippen molar-refractivity contribution in [3.63, 3.8) is 0 Å². The number of piperidine rings is 1. The van der Waals surface area contributed by atoms with E-state index in [0.717, 1.165) is 43.6 Å². The fraction of sp³-hybridized carbons (Fsp3) is 0.318. The van der Waals surface area contributed by atoms with E-state index in [1.807, 2.05) is 0 Å². The molecule has 2 aliphatic rings. The minimum absolute atomic E-state index is 0. The van der Waals surface area contributed by atoms with Crippen LogP contribution in [0.25, 0.3) is 11.6 Å². The van der Waals surface area contributed by atoms with Gasteiger partial charge in [0.1, 0.15) is 0 Å². The summed E-state index contributed by atoms with van der Waals surface area (Å²) in [5, 5.41) is 8.94. The second-order valence-electron chi connectivity index (χ2n) is 7.10. The number of nitrogens with zero attached hydrogens (tertiary/aromatic N) is 1. The lowest BCUT2D eigenvalue weighted by atomic mass is 9.87. The number of halogens is 1. The van der Waals surface area contributed by atoms with Crippen molar-refractivity contribution in [3.05, 3.63) is 68.4 Å². The van der Waals surface area contributed by atoms with E-state index >= 15 is 0 Å². The van der Waals surface area contributed by atoms with E-state index in [9.17, 15) is 4.79 Å². The molecule has 1 saturated heterocycles. The van der Waals surface area contributed by atoms with Crippen molar-refractivity contribution in [1.29, 1.82) is 0 Å². The number of hydrogen-bond donors (Lipinski definition) is 1. The summed E-state index contributed by atoms with van der Waals surface area (Å²) in [5.74, 6) is -0.896. The molecule has 3 nitrogen and oxygen atoms in total. The fourth-order valence-electron chi connectivity index (χ4n) is 3.98. The maximum absolute atomic E-state index is 10.9. The van der Waals surface area contributed by atoms with Crippen LogP contribution in [-0.4, -0.2) is 36.1 Å². The number of aryl methyl sites for hydroxylation is 2. The molecule has 0 saturated carbocycles. The summed E-state index contributed by atoms with van der Waals surface area (Å²) in [6.07, 6.45) is 7.24. The van der Waals surface area contributed by atoms with E-state index in [2.05, 4.69) is 42.3 Å². The molecule has 2 aromatic rings. The fourth-order valence-corrected chi connectivity index (χ4v) is 5.05. The van der Waals surface area contributed by atoms with E-state index in [1.165, 1.54) is 33.2 Å². The number of hydrogen-bond acceptors (Lipinski definition) is 3. The van der Waals surface area contributed by atoms with Crippen LogP contribution in [0.1, 0.15) is 39.3 Å². The lowest BCUT2D eigenvalue weighted by molar-refractivity contribution is -0.131. The van der Waals surface area contributed by atoms with Crippen LogP contribution < -0.4 is 0 Å². The Kier molecular flexibility index (Phi) is 6.20. The van der Waals surface area contributed by atoms with Gasteiger partial charge >= 0.3 is 5.97 Å². The minimum Gasteiger partial charge on any atom is -0.478 e. The monoisotopic (exact) mass is 401 g/mol. The van der Waals surface area contributed by atoms with Gasteiger partial charge in [-0.3, -0.25) is 0 Å². The molecule has 0 bridgehead atoms. The number of carboxylic acids is 1. The molecule has 2 heterocycles. The van der Waals surface area contributed by atoms with Crippen LogP contribution in [0.5, 0.6) is 0 Å². The molecule has 5 heteroatoms. The first kappa shape index (κ1) is 19.9. The molecule has 0 unspecified atom stereocenters. The van der Waals surface area contributed by atoms with E-state index in [4.69, 9.17) is 5.11 Å².